The fourth-order valence-corrected chi connectivity index (χ4v) is 7.69. The molecule has 1 aromatic carbocycles. The summed E-state index contributed by atoms with van der Waals surface area (Å²) in [5.41, 5.74) is 0.516. The number of sulfonamides is 1. The van der Waals surface area contributed by atoms with E-state index in [4.69, 9.17) is 0 Å². The average molecular weight is 485 g/mol. The number of amides is 2. The van der Waals surface area contributed by atoms with Crippen molar-refractivity contribution in [1.82, 2.24) is 14.2 Å². The molecule has 1 fully saturated rings. The topological polar surface area (TPSA) is 144 Å². The van der Waals surface area contributed by atoms with Gasteiger partial charge >= 0.3 is 6.09 Å². The first-order chi connectivity index (χ1) is 15.0. The molecule has 10 nitrogen and oxygen atoms in total. The number of likely N-dealkylation sites (tertiary alicyclic amines) is 1. The van der Waals surface area contributed by atoms with Crippen LogP contribution in [0.4, 0.5) is 14.9 Å². The smallest absolute Gasteiger partial charge is 0.407 e. The van der Waals surface area contributed by atoms with E-state index < -0.39 is 51.0 Å². The molecule has 0 bridgehead atoms. The van der Waals surface area contributed by atoms with Crippen molar-refractivity contribution in [3.05, 3.63) is 41.5 Å². The van der Waals surface area contributed by atoms with Gasteiger partial charge < -0.3 is 24.4 Å². The fourth-order valence-electron chi connectivity index (χ4n) is 4.03. The van der Waals surface area contributed by atoms with Gasteiger partial charge in [0.15, 0.2) is 10.6 Å². The van der Waals surface area contributed by atoms with Crippen molar-refractivity contribution in [2.75, 3.05) is 24.2 Å². The van der Waals surface area contributed by atoms with Gasteiger partial charge in [-0.2, -0.15) is 0 Å². The standard InChI is InChI=1S/C19H21FN4O6S2/c1-10-5-12(3-4-13(10)20)21-18(25)16-17-15(8-23(16)2)32(29,30)22-14-7-24(19(26)27)6-11(14)9-31(17)28/h3-5,8,11,14,22H,6-7,9H2,1-2H3,(H,21,25)(H,26,27)/t11-,14-,31?/m0/s1. The number of halogens is 1. The van der Waals surface area contributed by atoms with Gasteiger partial charge in [0.25, 0.3) is 5.91 Å². The van der Waals surface area contributed by atoms with E-state index in [-0.39, 0.29) is 34.3 Å². The third-order valence-electron chi connectivity index (χ3n) is 5.63. The van der Waals surface area contributed by atoms with E-state index in [0.29, 0.717) is 11.3 Å². The lowest BCUT2D eigenvalue weighted by atomic mass is 10.1. The largest absolute Gasteiger partial charge is 0.611 e. The Morgan fingerprint density at radius 3 is 2.72 bits per heavy atom. The van der Waals surface area contributed by atoms with Crippen molar-refractivity contribution in [2.45, 2.75) is 22.8 Å². The van der Waals surface area contributed by atoms with Crippen LogP contribution in [0, 0.1) is 18.7 Å². The van der Waals surface area contributed by atoms with Crippen LogP contribution in [0.15, 0.2) is 34.2 Å². The normalized spacial score (nSPS) is 24.2. The number of carbonyl (C=O) groups is 2. The van der Waals surface area contributed by atoms with Gasteiger partial charge in [0.05, 0.1) is 0 Å². The Balaban J connectivity index is 1.72. The molecule has 2 amide bonds. The summed E-state index contributed by atoms with van der Waals surface area (Å²) in [6.45, 7) is 1.53. The number of aryl methyl sites for hydroxylation is 2. The minimum Gasteiger partial charge on any atom is -0.611 e. The monoisotopic (exact) mass is 484 g/mol. The van der Waals surface area contributed by atoms with Gasteiger partial charge in [-0.05, 0) is 41.9 Å². The maximum absolute atomic E-state index is 13.5. The molecular weight excluding hydrogens is 463 g/mol. The Kier molecular flexibility index (Phi) is 5.69. The van der Waals surface area contributed by atoms with E-state index in [0.717, 1.165) is 4.90 Å². The molecular formula is C19H21FN4O6S2. The van der Waals surface area contributed by atoms with Crippen LogP contribution in [-0.4, -0.2) is 64.4 Å². The van der Waals surface area contributed by atoms with Crippen molar-refractivity contribution in [3.8, 4) is 0 Å². The Morgan fingerprint density at radius 1 is 1.34 bits per heavy atom. The molecule has 13 heteroatoms. The molecule has 3 atom stereocenters. The zero-order chi connectivity index (χ0) is 23.4. The van der Waals surface area contributed by atoms with Crippen LogP contribution in [-0.2, 0) is 28.2 Å². The summed E-state index contributed by atoms with van der Waals surface area (Å²) in [5, 5.41) is 11.8. The highest BCUT2D eigenvalue weighted by Gasteiger charge is 2.46. The number of hydrogen-bond donors (Lipinski definition) is 3. The van der Waals surface area contributed by atoms with Gasteiger partial charge in [0.2, 0.25) is 14.9 Å². The van der Waals surface area contributed by atoms with Crippen molar-refractivity contribution >= 4 is 38.9 Å². The number of benzene rings is 1. The lowest BCUT2D eigenvalue weighted by molar-refractivity contribution is 0.101. The minimum absolute atomic E-state index is 0.0100. The van der Waals surface area contributed by atoms with Crippen LogP contribution in [0.5, 0.6) is 0 Å². The minimum atomic E-state index is -4.17. The quantitative estimate of drug-likeness (QED) is 0.545. The molecule has 0 radical (unpaired) electrons. The maximum atomic E-state index is 13.5. The van der Waals surface area contributed by atoms with E-state index in [1.165, 1.54) is 42.9 Å². The van der Waals surface area contributed by atoms with Gasteiger partial charge in [0.1, 0.15) is 11.6 Å². The molecule has 0 saturated carbocycles. The average Bonchev–Trinajstić information content (AvgIpc) is 3.25. The molecule has 32 heavy (non-hydrogen) atoms. The molecule has 1 aromatic heterocycles. The molecule has 172 valence electrons. The predicted molar refractivity (Wildman–Crippen MR) is 113 cm³/mol. The third-order valence-corrected chi connectivity index (χ3v) is 8.86. The van der Waals surface area contributed by atoms with Gasteiger partial charge in [-0.3, -0.25) is 4.79 Å². The molecule has 0 aliphatic carbocycles. The number of rotatable bonds is 2. The Bertz CT molecular complexity index is 1210. The number of nitrogens with zero attached hydrogens (tertiary/aromatic N) is 2. The first kappa shape index (κ1) is 22.6. The molecule has 2 aromatic rings. The van der Waals surface area contributed by atoms with Gasteiger partial charge in [-0.1, -0.05) is 0 Å². The SMILES string of the molecule is Cc1cc(NC(=O)c2c3c(cn2C)S(=O)(=O)N[C@H]2CN(C(=O)O)C[C@H]2C[S+]3[O-])ccc1F. The lowest BCUT2D eigenvalue weighted by Gasteiger charge is -2.24. The van der Waals surface area contributed by atoms with Crippen LogP contribution < -0.4 is 10.0 Å². The van der Waals surface area contributed by atoms with Gasteiger partial charge in [-0.25, -0.2) is 22.3 Å². The zero-order valence-electron chi connectivity index (χ0n) is 17.2. The maximum Gasteiger partial charge on any atom is 0.407 e. The Labute approximate surface area is 186 Å². The summed E-state index contributed by atoms with van der Waals surface area (Å²) >= 11 is -1.89. The van der Waals surface area contributed by atoms with Crippen molar-refractivity contribution < 1.29 is 32.1 Å². The molecule has 4 rings (SSSR count). The molecule has 3 N–H and O–H groups in total. The number of nitrogens with one attached hydrogen (secondary N) is 2. The molecule has 1 saturated heterocycles. The second-order valence-corrected chi connectivity index (χ2v) is 11.0. The van der Waals surface area contributed by atoms with E-state index in [9.17, 15) is 32.1 Å². The van der Waals surface area contributed by atoms with E-state index in [2.05, 4.69) is 10.0 Å². The Morgan fingerprint density at radius 2 is 2.06 bits per heavy atom. The van der Waals surface area contributed by atoms with Crippen LogP contribution in [0.1, 0.15) is 16.1 Å². The van der Waals surface area contributed by atoms with Crippen LogP contribution >= 0.6 is 0 Å². The van der Waals surface area contributed by atoms with Crippen molar-refractivity contribution in [2.24, 2.45) is 13.0 Å². The number of carbonyl (C=O) groups excluding carboxylic acids is 1. The van der Waals surface area contributed by atoms with E-state index >= 15 is 0 Å². The Hall–Kier alpha value is -2.61. The molecule has 2 aliphatic heterocycles. The highest BCUT2D eigenvalue weighted by Crippen LogP contribution is 2.34. The molecule has 2 aliphatic rings. The van der Waals surface area contributed by atoms with Gasteiger partial charge in [-0.15, -0.1) is 0 Å². The first-order valence-electron chi connectivity index (χ1n) is 9.63. The second-order valence-electron chi connectivity index (χ2n) is 7.89. The summed E-state index contributed by atoms with van der Waals surface area (Å²) in [6.07, 6.45) is 0.0275. The molecule has 1 unspecified atom stereocenters. The fraction of sp³-hybridized carbons (Fsp3) is 0.368. The highest BCUT2D eigenvalue weighted by molar-refractivity contribution is 7.94. The van der Waals surface area contributed by atoms with Crippen molar-refractivity contribution in [3.63, 3.8) is 0 Å². The third kappa shape index (κ3) is 3.96. The number of hydrogen-bond acceptors (Lipinski definition) is 5. The van der Waals surface area contributed by atoms with Crippen LogP contribution in [0.3, 0.4) is 0 Å². The summed E-state index contributed by atoms with van der Waals surface area (Å²) in [5.74, 6) is -1.65. The molecule has 3 heterocycles. The lowest BCUT2D eigenvalue weighted by Crippen LogP contribution is -2.44. The zero-order valence-corrected chi connectivity index (χ0v) is 18.8. The van der Waals surface area contributed by atoms with E-state index in [1.54, 1.807) is 0 Å². The number of aromatic nitrogens is 1. The predicted octanol–water partition coefficient (Wildman–Crippen LogP) is 1.10. The molecule has 0 spiro atoms. The van der Waals surface area contributed by atoms with Gasteiger partial charge in [0, 0.05) is 44.0 Å². The first-order valence-corrected chi connectivity index (χ1v) is 12.4. The second kappa shape index (κ2) is 8.06. The van der Waals surface area contributed by atoms with Crippen LogP contribution in [0.25, 0.3) is 0 Å². The summed E-state index contributed by atoms with van der Waals surface area (Å²) in [7, 11) is -2.70. The summed E-state index contributed by atoms with van der Waals surface area (Å²) < 4.78 is 56.7. The number of fused-ring (bicyclic) bond motifs is 2. The number of anilines is 1. The number of carboxylic acid groups (broad SMARTS) is 1. The summed E-state index contributed by atoms with van der Waals surface area (Å²) in [4.78, 5) is 25.0. The highest BCUT2D eigenvalue weighted by atomic mass is 32.2. The van der Waals surface area contributed by atoms with E-state index in [1.807, 2.05) is 0 Å². The van der Waals surface area contributed by atoms with Crippen molar-refractivity contribution in [1.29, 1.82) is 0 Å². The van der Waals surface area contributed by atoms with Crippen LogP contribution in [0.2, 0.25) is 0 Å². The summed E-state index contributed by atoms with van der Waals surface area (Å²) in [6, 6.07) is 3.28.